The fourth-order valence-electron chi connectivity index (χ4n) is 3.09. The summed E-state index contributed by atoms with van der Waals surface area (Å²) in [7, 11) is 0. The van der Waals surface area contributed by atoms with Gasteiger partial charge in [0.25, 0.3) is 0 Å². The Morgan fingerprint density at radius 1 is 1.05 bits per heavy atom. The van der Waals surface area contributed by atoms with Gasteiger partial charge in [0.2, 0.25) is 0 Å². The first-order valence-corrected chi connectivity index (χ1v) is 15.2. The fraction of sp³-hybridized carbons (Fsp3) is 0.500. The van der Waals surface area contributed by atoms with Crippen LogP contribution < -0.4 is 48.0 Å². The minimum Gasteiger partial charge on any atom is -1.00 e. The quantitative estimate of drug-likeness (QED) is 0.299. The Morgan fingerprint density at radius 2 is 1.65 bits per heavy atom. The molecule has 0 spiro atoms. The molecule has 1 aromatic rings. The summed E-state index contributed by atoms with van der Waals surface area (Å²) in [6.07, 6.45) is 1.26. The van der Waals surface area contributed by atoms with Crippen LogP contribution in [0.25, 0.3) is 5.57 Å². The number of allylic oxidation sites excluding steroid dienone is 2. The van der Waals surface area contributed by atoms with Gasteiger partial charge >= 0.3 is 125 Å². The third kappa shape index (κ3) is 4.51. The Labute approximate surface area is 170 Å². The molecule has 110 valence electrons. The second-order valence-corrected chi connectivity index (χ2v) is 18.5. The molecule has 0 saturated heterocycles. The van der Waals surface area contributed by atoms with Gasteiger partial charge in [-0.2, -0.15) is 0 Å². The molecule has 1 aliphatic carbocycles. The Balaban J connectivity index is 0.00000180. The molecular weight excluding hydrogens is 565 g/mol. The molecular formula is C16H24I2SiZr. The summed E-state index contributed by atoms with van der Waals surface area (Å²) in [5.74, 6) is -0.348. The van der Waals surface area contributed by atoms with Crippen molar-refractivity contribution in [1.29, 1.82) is 0 Å². The van der Waals surface area contributed by atoms with Crippen molar-refractivity contribution in [2.24, 2.45) is 0 Å². The van der Waals surface area contributed by atoms with Crippen molar-refractivity contribution in [1.82, 2.24) is 0 Å². The van der Waals surface area contributed by atoms with Crippen molar-refractivity contribution >= 4 is 11.5 Å². The van der Waals surface area contributed by atoms with E-state index in [0.29, 0.717) is 0 Å². The summed E-state index contributed by atoms with van der Waals surface area (Å²) < 4.78 is 0.923. The van der Waals surface area contributed by atoms with Gasteiger partial charge in [-0.3, -0.25) is 0 Å². The summed E-state index contributed by atoms with van der Waals surface area (Å²) in [5.41, 5.74) is 6.67. The first-order valence-electron chi connectivity index (χ1n) is 7.27. The molecule has 0 amide bonds. The number of rotatable bonds is 5. The minimum atomic E-state index is -0.348. The summed E-state index contributed by atoms with van der Waals surface area (Å²) >= 11 is -0.228. The first kappa shape index (κ1) is 21.5. The first-order chi connectivity index (χ1) is 8.72. The number of fused-ring (bicyclic) bond motifs is 1. The molecule has 0 fully saturated rings. The Kier molecular flexibility index (Phi) is 11.1. The molecule has 0 saturated carbocycles. The van der Waals surface area contributed by atoms with Crippen LogP contribution in [-0.4, -0.2) is 5.92 Å². The van der Waals surface area contributed by atoms with Gasteiger partial charge in [0.1, 0.15) is 0 Å². The number of hydrogen-bond donors (Lipinski definition) is 0. The second kappa shape index (κ2) is 10.3. The maximum absolute atomic E-state index is 2.43. The predicted octanol–water partition coefficient (Wildman–Crippen LogP) is -1.22. The van der Waals surface area contributed by atoms with E-state index in [0.717, 1.165) is 3.63 Å². The van der Waals surface area contributed by atoms with E-state index in [-0.39, 0.29) is 76.3 Å². The van der Waals surface area contributed by atoms with Gasteiger partial charge in [-0.05, 0) is 0 Å². The molecule has 1 aromatic carbocycles. The fourth-order valence-corrected chi connectivity index (χ4v) is 16.4. The van der Waals surface area contributed by atoms with E-state index in [2.05, 4.69) is 52.0 Å². The van der Waals surface area contributed by atoms with Gasteiger partial charge < -0.3 is 48.0 Å². The van der Waals surface area contributed by atoms with Crippen molar-refractivity contribution < 1.29 is 70.3 Å². The molecule has 0 bridgehead atoms. The van der Waals surface area contributed by atoms with Crippen molar-refractivity contribution in [2.75, 3.05) is 0 Å². The van der Waals surface area contributed by atoms with Crippen LogP contribution >= 0.6 is 0 Å². The molecule has 20 heavy (non-hydrogen) atoms. The van der Waals surface area contributed by atoms with Crippen LogP contribution in [0.5, 0.6) is 0 Å². The molecule has 2 rings (SSSR count). The van der Waals surface area contributed by atoms with Gasteiger partial charge in [0.15, 0.2) is 0 Å². The topological polar surface area (TPSA) is 0 Å². The molecule has 0 nitrogen and oxygen atoms in total. The molecule has 0 heterocycles. The Morgan fingerprint density at radius 3 is 2.20 bits per heavy atom. The number of halogens is 2. The summed E-state index contributed by atoms with van der Waals surface area (Å²) in [4.78, 5) is 0. The van der Waals surface area contributed by atoms with E-state index in [9.17, 15) is 0 Å². The average Bonchev–Trinajstić information content (AvgIpc) is 2.69. The van der Waals surface area contributed by atoms with Gasteiger partial charge in [0.05, 0.1) is 0 Å². The number of hydrogen-bond acceptors (Lipinski definition) is 0. The smallest absolute Gasteiger partial charge is 1.00 e. The molecule has 0 aromatic heterocycles. The summed E-state index contributed by atoms with van der Waals surface area (Å²) in [6.45, 7) is 9.58. The normalized spacial score (nSPS) is 16.4. The third-order valence-electron chi connectivity index (χ3n) is 4.27. The summed E-state index contributed by atoms with van der Waals surface area (Å²) in [6, 6.07) is 12.2. The van der Waals surface area contributed by atoms with E-state index in [1.807, 2.05) is 0 Å². The maximum Gasteiger partial charge on any atom is -1.00 e. The molecule has 0 N–H and O–H groups in total. The molecule has 0 radical (unpaired) electrons. The van der Waals surface area contributed by atoms with E-state index in [4.69, 9.17) is 0 Å². The van der Waals surface area contributed by atoms with Crippen LogP contribution in [-0.2, 0) is 22.4 Å². The average molecular weight is 589 g/mol. The predicted molar refractivity (Wildman–Crippen MR) is 80.2 cm³/mol. The maximum atomic E-state index is 2.43. The summed E-state index contributed by atoms with van der Waals surface area (Å²) in [5, 5.41) is 0. The monoisotopic (exact) mass is 588 g/mol. The van der Waals surface area contributed by atoms with Crippen molar-refractivity contribution in [3.63, 3.8) is 0 Å². The van der Waals surface area contributed by atoms with E-state index < -0.39 is 0 Å². The van der Waals surface area contributed by atoms with Crippen LogP contribution in [0.15, 0.2) is 29.8 Å². The Hall–Kier alpha value is 1.52. The SMILES string of the molecule is CCC1=C(C)c2ccccc2[CH]1[Zr+2][SiH](CC)CC.[I-].[I-]. The van der Waals surface area contributed by atoms with Crippen molar-refractivity contribution in [3.8, 4) is 0 Å². The third-order valence-corrected chi connectivity index (χ3v) is 20.6. The van der Waals surface area contributed by atoms with Crippen molar-refractivity contribution in [3.05, 3.63) is 41.0 Å². The zero-order valence-corrected chi connectivity index (χ0v) is 20.8. The Bertz CT molecular complexity index is 456. The molecule has 1 atom stereocenters. The van der Waals surface area contributed by atoms with Crippen LogP contribution in [0.1, 0.15) is 48.9 Å². The zero-order valence-electron chi connectivity index (χ0n) is 12.8. The standard InChI is InChI=1S/C12H13.C4H11Si.2HI.Zr/c1-3-10-8-11-6-4-5-7-12(11)9(10)2;1-3-5-4-2;;;/h4-8H,3H2,1-2H3;5H,3-4H2,1-2H3;2*1H;/q;;;;+2/p-2. The van der Waals surface area contributed by atoms with Crippen LogP contribution in [0, 0.1) is 0 Å². The van der Waals surface area contributed by atoms with Crippen LogP contribution in [0.4, 0.5) is 0 Å². The van der Waals surface area contributed by atoms with Crippen LogP contribution in [0.3, 0.4) is 0 Å². The molecule has 4 heteroatoms. The van der Waals surface area contributed by atoms with Crippen LogP contribution in [0.2, 0.25) is 12.1 Å². The zero-order chi connectivity index (χ0) is 13.1. The second-order valence-electron chi connectivity index (χ2n) is 5.20. The van der Waals surface area contributed by atoms with Gasteiger partial charge in [-0.1, -0.05) is 0 Å². The van der Waals surface area contributed by atoms with Crippen molar-refractivity contribution in [2.45, 2.75) is 49.8 Å². The molecule has 1 unspecified atom stereocenters. The molecule has 1 aliphatic rings. The molecule has 0 aliphatic heterocycles. The van der Waals surface area contributed by atoms with Gasteiger partial charge in [0, 0.05) is 0 Å². The minimum absolute atomic E-state index is 0. The van der Waals surface area contributed by atoms with E-state index in [1.165, 1.54) is 18.5 Å². The van der Waals surface area contributed by atoms with Gasteiger partial charge in [-0.25, -0.2) is 0 Å². The largest absolute Gasteiger partial charge is 1.00 e. The number of benzene rings is 1. The van der Waals surface area contributed by atoms with Gasteiger partial charge in [-0.15, -0.1) is 0 Å². The van der Waals surface area contributed by atoms with E-state index in [1.54, 1.807) is 22.3 Å². The van der Waals surface area contributed by atoms with E-state index >= 15 is 0 Å².